The molecule has 6 nitrogen and oxygen atoms in total. The zero-order valence-electron chi connectivity index (χ0n) is 17.3. The number of anilines is 1. The molecule has 1 N–H and O–H groups in total. The summed E-state index contributed by atoms with van der Waals surface area (Å²) in [6.07, 6.45) is 2.55. The molecule has 30 heavy (non-hydrogen) atoms. The molecule has 0 unspecified atom stereocenters. The van der Waals surface area contributed by atoms with Crippen molar-refractivity contribution in [1.29, 1.82) is 0 Å². The largest absolute Gasteiger partial charge is 0.302 e. The average molecular weight is 446 g/mol. The highest BCUT2D eigenvalue weighted by atomic mass is 32.2. The summed E-state index contributed by atoms with van der Waals surface area (Å²) in [5, 5.41) is 3.31. The van der Waals surface area contributed by atoms with E-state index in [9.17, 15) is 13.2 Å². The summed E-state index contributed by atoms with van der Waals surface area (Å²) in [7, 11) is -3.55. The number of carbonyl (C=O) groups excluding carboxylic acids is 1. The molecule has 1 aromatic heterocycles. The Bertz CT molecular complexity index is 1090. The lowest BCUT2D eigenvalue weighted by Crippen LogP contribution is -2.32. The van der Waals surface area contributed by atoms with Crippen LogP contribution in [0.5, 0.6) is 0 Å². The first-order chi connectivity index (χ1) is 14.4. The number of sulfonamides is 1. The van der Waals surface area contributed by atoms with E-state index in [2.05, 4.69) is 10.3 Å². The Morgan fingerprint density at radius 2 is 1.77 bits per heavy atom. The first-order valence-corrected chi connectivity index (χ1v) is 12.4. The van der Waals surface area contributed by atoms with E-state index in [-0.39, 0.29) is 10.8 Å². The number of aromatic nitrogens is 1. The van der Waals surface area contributed by atoms with E-state index >= 15 is 0 Å². The van der Waals surface area contributed by atoms with Crippen molar-refractivity contribution in [3.63, 3.8) is 0 Å². The number of carbonyl (C=O) groups is 1. The average Bonchev–Trinajstić information content (AvgIpc) is 3.14. The molecule has 0 fully saturated rings. The van der Waals surface area contributed by atoms with Crippen LogP contribution >= 0.6 is 11.3 Å². The Kier molecular flexibility index (Phi) is 7.58. The second kappa shape index (κ2) is 10.1. The molecule has 1 heterocycles. The van der Waals surface area contributed by atoms with Crippen molar-refractivity contribution in [3.05, 3.63) is 54.1 Å². The minimum Gasteiger partial charge on any atom is -0.302 e. The van der Waals surface area contributed by atoms with Crippen LogP contribution < -0.4 is 5.32 Å². The molecule has 0 radical (unpaired) electrons. The molecular formula is C22H27N3O3S2. The molecule has 0 saturated carbocycles. The van der Waals surface area contributed by atoms with E-state index in [0.29, 0.717) is 36.6 Å². The third-order valence-electron chi connectivity index (χ3n) is 4.67. The summed E-state index contributed by atoms with van der Waals surface area (Å²) < 4.78 is 28.3. The van der Waals surface area contributed by atoms with Gasteiger partial charge in [0.1, 0.15) is 0 Å². The normalized spacial score (nSPS) is 11.8. The van der Waals surface area contributed by atoms with Crippen molar-refractivity contribution in [2.75, 3.05) is 18.4 Å². The molecule has 0 aliphatic carbocycles. The summed E-state index contributed by atoms with van der Waals surface area (Å²) in [6.45, 7) is 4.94. The van der Waals surface area contributed by atoms with E-state index in [1.807, 2.05) is 44.2 Å². The summed E-state index contributed by atoms with van der Waals surface area (Å²) in [6, 6.07) is 14.8. The van der Waals surface area contributed by atoms with E-state index in [1.54, 1.807) is 18.2 Å². The Balaban J connectivity index is 1.73. The molecule has 2 aromatic carbocycles. The van der Waals surface area contributed by atoms with Crippen molar-refractivity contribution in [2.24, 2.45) is 0 Å². The molecular weight excluding hydrogens is 418 g/mol. The number of benzene rings is 2. The van der Waals surface area contributed by atoms with Gasteiger partial charge in [-0.2, -0.15) is 4.31 Å². The number of hydrogen-bond acceptors (Lipinski definition) is 5. The van der Waals surface area contributed by atoms with Gasteiger partial charge < -0.3 is 5.32 Å². The predicted molar refractivity (Wildman–Crippen MR) is 122 cm³/mol. The van der Waals surface area contributed by atoms with Gasteiger partial charge in [0.05, 0.1) is 15.1 Å². The van der Waals surface area contributed by atoms with Crippen molar-refractivity contribution >= 4 is 42.6 Å². The van der Waals surface area contributed by atoms with Gasteiger partial charge in [0.25, 0.3) is 0 Å². The standard InChI is InChI=1S/C22H27N3O3S2/c1-3-14-25(15-4-2)30(27,28)18-11-12-19-20(16-18)29-22(23-19)24-21(26)13-10-17-8-6-5-7-9-17/h5-9,11-12,16H,3-4,10,13-15H2,1-2H3,(H,23,24,26). The molecule has 0 aliphatic heterocycles. The quantitative estimate of drug-likeness (QED) is 0.491. The summed E-state index contributed by atoms with van der Waals surface area (Å²) >= 11 is 1.29. The molecule has 3 rings (SSSR count). The lowest BCUT2D eigenvalue weighted by atomic mass is 10.1. The van der Waals surface area contributed by atoms with Crippen LogP contribution in [-0.2, 0) is 21.2 Å². The van der Waals surface area contributed by atoms with E-state index in [0.717, 1.165) is 23.1 Å². The fourth-order valence-electron chi connectivity index (χ4n) is 3.20. The van der Waals surface area contributed by atoms with Crippen LogP contribution in [0.1, 0.15) is 38.7 Å². The Hall–Kier alpha value is -2.29. The maximum absolute atomic E-state index is 13.0. The molecule has 160 valence electrons. The minimum atomic E-state index is -3.55. The number of thiazole rings is 1. The third kappa shape index (κ3) is 5.44. The fourth-order valence-corrected chi connectivity index (χ4v) is 5.85. The predicted octanol–water partition coefficient (Wildman–Crippen LogP) is 4.68. The number of hydrogen-bond donors (Lipinski definition) is 1. The van der Waals surface area contributed by atoms with Crippen molar-refractivity contribution in [2.45, 2.75) is 44.4 Å². The van der Waals surface area contributed by atoms with Gasteiger partial charge in [-0.1, -0.05) is 55.5 Å². The van der Waals surface area contributed by atoms with Gasteiger partial charge in [-0.05, 0) is 43.0 Å². The number of fused-ring (bicyclic) bond motifs is 1. The highest BCUT2D eigenvalue weighted by Crippen LogP contribution is 2.29. The van der Waals surface area contributed by atoms with Gasteiger partial charge in [-0.15, -0.1) is 0 Å². The van der Waals surface area contributed by atoms with E-state index < -0.39 is 10.0 Å². The molecule has 0 saturated heterocycles. The SMILES string of the molecule is CCCN(CCC)S(=O)(=O)c1ccc2nc(NC(=O)CCc3ccccc3)sc2c1. The van der Waals surface area contributed by atoms with Crippen molar-refractivity contribution < 1.29 is 13.2 Å². The molecule has 8 heteroatoms. The van der Waals surface area contributed by atoms with Gasteiger partial charge in [0.2, 0.25) is 15.9 Å². The van der Waals surface area contributed by atoms with Crippen molar-refractivity contribution in [1.82, 2.24) is 9.29 Å². The van der Waals surface area contributed by atoms with Crippen LogP contribution in [0.15, 0.2) is 53.4 Å². The van der Waals surface area contributed by atoms with Crippen LogP contribution in [0.25, 0.3) is 10.2 Å². The molecule has 1 amide bonds. The highest BCUT2D eigenvalue weighted by molar-refractivity contribution is 7.89. The van der Waals surface area contributed by atoms with E-state index in [4.69, 9.17) is 0 Å². The Labute approximate surface area is 182 Å². The van der Waals surface area contributed by atoms with Crippen molar-refractivity contribution in [3.8, 4) is 0 Å². The number of nitrogens with one attached hydrogen (secondary N) is 1. The summed E-state index contributed by atoms with van der Waals surface area (Å²) in [5.74, 6) is -0.108. The van der Waals surface area contributed by atoms with Gasteiger partial charge in [-0.25, -0.2) is 13.4 Å². The number of amides is 1. The molecule has 0 aliphatic rings. The Morgan fingerprint density at radius 1 is 1.07 bits per heavy atom. The van der Waals surface area contributed by atoms with Crippen LogP contribution in [0, 0.1) is 0 Å². The number of rotatable bonds is 10. The Morgan fingerprint density at radius 3 is 2.43 bits per heavy atom. The minimum absolute atomic E-state index is 0.108. The fraction of sp³-hybridized carbons (Fsp3) is 0.364. The van der Waals surface area contributed by atoms with Crippen LogP contribution in [-0.4, -0.2) is 36.7 Å². The lowest BCUT2D eigenvalue weighted by molar-refractivity contribution is -0.116. The monoisotopic (exact) mass is 445 g/mol. The lowest BCUT2D eigenvalue weighted by Gasteiger charge is -2.20. The van der Waals surface area contributed by atoms with Crippen LogP contribution in [0.3, 0.4) is 0 Å². The van der Waals surface area contributed by atoms with Gasteiger partial charge in [-0.3, -0.25) is 4.79 Å². The van der Waals surface area contributed by atoms with Gasteiger partial charge in [0, 0.05) is 19.5 Å². The maximum Gasteiger partial charge on any atom is 0.243 e. The molecule has 0 spiro atoms. The maximum atomic E-state index is 13.0. The highest BCUT2D eigenvalue weighted by Gasteiger charge is 2.23. The summed E-state index contributed by atoms with van der Waals surface area (Å²) in [4.78, 5) is 17.0. The first-order valence-electron chi connectivity index (χ1n) is 10.2. The second-order valence-electron chi connectivity index (χ2n) is 7.09. The number of nitrogens with zero attached hydrogens (tertiary/aromatic N) is 2. The molecule has 0 bridgehead atoms. The van der Waals surface area contributed by atoms with Gasteiger partial charge >= 0.3 is 0 Å². The summed E-state index contributed by atoms with van der Waals surface area (Å²) in [5.41, 5.74) is 1.78. The first kappa shape index (κ1) is 22.4. The smallest absolute Gasteiger partial charge is 0.243 e. The molecule has 0 atom stereocenters. The van der Waals surface area contributed by atoms with E-state index in [1.165, 1.54) is 15.6 Å². The molecule has 3 aromatic rings. The van der Waals surface area contributed by atoms with Crippen LogP contribution in [0.2, 0.25) is 0 Å². The van der Waals surface area contributed by atoms with Crippen LogP contribution in [0.4, 0.5) is 5.13 Å². The topological polar surface area (TPSA) is 79.4 Å². The van der Waals surface area contributed by atoms with Gasteiger partial charge in [0.15, 0.2) is 5.13 Å². The zero-order chi connectivity index (χ0) is 21.6. The second-order valence-corrected chi connectivity index (χ2v) is 10.1. The third-order valence-corrected chi connectivity index (χ3v) is 7.50. The zero-order valence-corrected chi connectivity index (χ0v) is 18.9. The number of aryl methyl sites for hydroxylation is 1.